The van der Waals surface area contributed by atoms with Crippen LogP contribution >= 0.6 is 0 Å². The molecule has 3 heteroatoms. The van der Waals surface area contributed by atoms with Crippen molar-refractivity contribution in [1.82, 2.24) is 9.78 Å². The summed E-state index contributed by atoms with van der Waals surface area (Å²) in [6, 6.07) is 10.7. The average Bonchev–Trinajstić information content (AvgIpc) is 2.81. The lowest BCUT2D eigenvalue weighted by Gasteiger charge is -2.26. The molecule has 0 saturated heterocycles. The highest BCUT2D eigenvalue weighted by molar-refractivity contribution is 5.46. The first-order chi connectivity index (χ1) is 8.38. The van der Waals surface area contributed by atoms with Gasteiger partial charge >= 0.3 is 0 Å². The summed E-state index contributed by atoms with van der Waals surface area (Å²) in [7, 11) is 0. The van der Waals surface area contributed by atoms with Gasteiger partial charge in [-0.2, -0.15) is 5.10 Å². The topological polar surface area (TPSA) is 29.9 Å². The van der Waals surface area contributed by atoms with E-state index in [2.05, 4.69) is 52.4 Å². The number of hydrogen-bond donors (Lipinski definition) is 1. The summed E-state index contributed by atoms with van der Waals surface area (Å²) < 4.78 is 2.10. The highest BCUT2D eigenvalue weighted by atomic mass is 15.3. The van der Waals surface area contributed by atoms with Crippen molar-refractivity contribution in [1.29, 1.82) is 0 Å². The first kappa shape index (κ1) is 10.4. The van der Waals surface area contributed by atoms with Gasteiger partial charge in [0.25, 0.3) is 0 Å². The van der Waals surface area contributed by atoms with Crippen LogP contribution in [-0.2, 0) is 13.0 Å². The molecule has 3 rings (SSSR count). The third-order valence-corrected chi connectivity index (χ3v) is 3.48. The molecule has 1 unspecified atom stereocenters. The zero-order valence-electron chi connectivity index (χ0n) is 10.1. The second-order valence-electron chi connectivity index (χ2n) is 4.54. The third kappa shape index (κ3) is 1.82. The zero-order chi connectivity index (χ0) is 11.7. The first-order valence-electron chi connectivity index (χ1n) is 6.22. The summed E-state index contributed by atoms with van der Waals surface area (Å²) in [5.41, 5.74) is 2.70. The van der Waals surface area contributed by atoms with Crippen molar-refractivity contribution in [2.45, 2.75) is 25.8 Å². The molecule has 0 saturated carbocycles. The molecule has 3 nitrogen and oxygen atoms in total. The van der Waals surface area contributed by atoms with Crippen molar-refractivity contribution in [3.8, 4) is 0 Å². The molecule has 1 aromatic heterocycles. The van der Waals surface area contributed by atoms with Crippen LogP contribution in [0, 0.1) is 0 Å². The van der Waals surface area contributed by atoms with Gasteiger partial charge in [-0.25, -0.2) is 4.68 Å². The molecule has 2 aromatic rings. The summed E-state index contributed by atoms with van der Waals surface area (Å²) in [5.74, 6) is 1.73. The van der Waals surface area contributed by atoms with E-state index in [-0.39, 0.29) is 0 Å². The fourth-order valence-electron chi connectivity index (χ4n) is 2.47. The van der Waals surface area contributed by atoms with Crippen LogP contribution in [0.1, 0.15) is 24.0 Å². The Morgan fingerprint density at radius 2 is 2.18 bits per heavy atom. The number of anilines is 1. The van der Waals surface area contributed by atoms with Gasteiger partial charge in [0.2, 0.25) is 0 Å². The van der Waals surface area contributed by atoms with Crippen LogP contribution in [0.2, 0.25) is 0 Å². The molecule has 0 fully saturated rings. The number of nitrogens with zero attached hydrogens (tertiary/aromatic N) is 2. The minimum Gasteiger partial charge on any atom is -0.369 e. The number of aryl methyl sites for hydroxylation is 1. The Kier molecular flexibility index (Phi) is 2.59. The van der Waals surface area contributed by atoms with Crippen LogP contribution < -0.4 is 5.32 Å². The summed E-state index contributed by atoms with van der Waals surface area (Å²) in [6.45, 7) is 4.15. The maximum Gasteiger partial charge on any atom is 0.127 e. The maximum atomic E-state index is 4.46. The van der Waals surface area contributed by atoms with E-state index < -0.39 is 0 Å². The van der Waals surface area contributed by atoms with Gasteiger partial charge < -0.3 is 5.32 Å². The maximum absolute atomic E-state index is 4.46. The first-order valence-corrected chi connectivity index (χ1v) is 6.22. The predicted octanol–water partition coefficient (Wildman–Crippen LogP) is 2.65. The molecular weight excluding hydrogens is 210 g/mol. The van der Waals surface area contributed by atoms with Gasteiger partial charge in [0, 0.05) is 18.0 Å². The number of nitrogens with one attached hydrogen (secondary N) is 1. The Hall–Kier alpha value is -1.77. The van der Waals surface area contributed by atoms with E-state index in [1.54, 1.807) is 0 Å². The van der Waals surface area contributed by atoms with Gasteiger partial charge in [0.15, 0.2) is 0 Å². The molecule has 0 radical (unpaired) electrons. The Bertz CT molecular complexity index is 501. The van der Waals surface area contributed by atoms with Crippen molar-refractivity contribution in [2.75, 3.05) is 11.9 Å². The van der Waals surface area contributed by atoms with Crippen LogP contribution in [0.15, 0.2) is 36.5 Å². The highest BCUT2D eigenvalue weighted by Gasteiger charge is 2.21. The van der Waals surface area contributed by atoms with E-state index in [9.17, 15) is 0 Å². The molecule has 88 valence electrons. The Morgan fingerprint density at radius 1 is 1.35 bits per heavy atom. The number of hydrogen-bond acceptors (Lipinski definition) is 2. The second-order valence-corrected chi connectivity index (χ2v) is 4.54. The molecule has 1 aliphatic rings. The van der Waals surface area contributed by atoms with Gasteiger partial charge in [0.05, 0.1) is 12.7 Å². The minimum absolute atomic E-state index is 0.522. The third-order valence-electron chi connectivity index (χ3n) is 3.48. The van der Waals surface area contributed by atoms with Gasteiger partial charge in [-0.1, -0.05) is 37.3 Å². The summed E-state index contributed by atoms with van der Waals surface area (Å²) in [6.07, 6.45) is 3.02. The Labute approximate surface area is 101 Å². The summed E-state index contributed by atoms with van der Waals surface area (Å²) >= 11 is 0. The van der Waals surface area contributed by atoms with Crippen LogP contribution in [0.25, 0.3) is 0 Å². The molecule has 1 aromatic carbocycles. The normalized spacial score (nSPS) is 18.5. The lowest BCUT2D eigenvalue weighted by atomic mass is 9.98. The molecule has 1 aliphatic heterocycles. The Morgan fingerprint density at radius 3 is 2.94 bits per heavy atom. The fourth-order valence-corrected chi connectivity index (χ4v) is 2.47. The summed E-state index contributed by atoms with van der Waals surface area (Å²) in [4.78, 5) is 0. The van der Waals surface area contributed by atoms with Crippen LogP contribution in [0.5, 0.6) is 0 Å². The molecule has 0 aliphatic carbocycles. The van der Waals surface area contributed by atoms with Crippen molar-refractivity contribution in [3.05, 3.63) is 47.7 Å². The van der Waals surface area contributed by atoms with Gasteiger partial charge in [0.1, 0.15) is 5.82 Å². The average molecular weight is 227 g/mol. The van der Waals surface area contributed by atoms with Gasteiger partial charge in [-0.05, 0) is 12.0 Å². The van der Waals surface area contributed by atoms with E-state index >= 15 is 0 Å². The minimum atomic E-state index is 0.522. The van der Waals surface area contributed by atoms with Crippen molar-refractivity contribution in [3.63, 3.8) is 0 Å². The van der Waals surface area contributed by atoms with E-state index in [0.29, 0.717) is 5.92 Å². The zero-order valence-corrected chi connectivity index (χ0v) is 10.1. The van der Waals surface area contributed by atoms with E-state index in [0.717, 1.165) is 19.5 Å². The summed E-state index contributed by atoms with van der Waals surface area (Å²) in [5, 5.41) is 7.97. The number of fused-ring (bicyclic) bond motifs is 1. The lowest BCUT2D eigenvalue weighted by Crippen LogP contribution is -2.26. The van der Waals surface area contributed by atoms with Crippen molar-refractivity contribution < 1.29 is 0 Å². The fraction of sp³-hybridized carbons (Fsp3) is 0.357. The van der Waals surface area contributed by atoms with E-state index in [4.69, 9.17) is 0 Å². The standard InChI is InChI=1S/C14H17N3/c1-2-11-9-16-17-10-13(8-15-14(11)17)12-6-4-3-5-7-12/h3-7,9,13,15H,2,8,10H2,1H3. The quantitative estimate of drug-likeness (QED) is 0.854. The van der Waals surface area contributed by atoms with Gasteiger partial charge in [-0.15, -0.1) is 0 Å². The molecule has 0 amide bonds. The number of rotatable bonds is 2. The van der Waals surface area contributed by atoms with Crippen molar-refractivity contribution >= 4 is 5.82 Å². The van der Waals surface area contributed by atoms with E-state index in [1.165, 1.54) is 16.9 Å². The van der Waals surface area contributed by atoms with Crippen LogP contribution in [-0.4, -0.2) is 16.3 Å². The largest absolute Gasteiger partial charge is 0.369 e. The molecule has 2 heterocycles. The van der Waals surface area contributed by atoms with Crippen molar-refractivity contribution in [2.24, 2.45) is 0 Å². The van der Waals surface area contributed by atoms with Crippen LogP contribution in [0.3, 0.4) is 0 Å². The second kappa shape index (κ2) is 4.24. The Balaban J connectivity index is 1.86. The molecule has 0 spiro atoms. The van der Waals surface area contributed by atoms with Crippen LogP contribution in [0.4, 0.5) is 5.82 Å². The molecule has 17 heavy (non-hydrogen) atoms. The highest BCUT2D eigenvalue weighted by Crippen LogP contribution is 2.27. The monoisotopic (exact) mass is 227 g/mol. The number of aromatic nitrogens is 2. The predicted molar refractivity (Wildman–Crippen MR) is 69.3 cm³/mol. The van der Waals surface area contributed by atoms with Gasteiger partial charge in [-0.3, -0.25) is 0 Å². The molecule has 0 bridgehead atoms. The smallest absolute Gasteiger partial charge is 0.127 e. The molecule has 1 N–H and O–H groups in total. The van der Waals surface area contributed by atoms with E-state index in [1.807, 2.05) is 6.20 Å². The molecule has 1 atom stereocenters. The molecular formula is C14H17N3. The lowest BCUT2D eigenvalue weighted by molar-refractivity contribution is 0.505. The number of benzene rings is 1. The SMILES string of the molecule is CCc1cnn2c1NCC(c1ccccc1)C2.